The van der Waals surface area contributed by atoms with Gasteiger partial charge in [0.25, 0.3) is 0 Å². The number of nitrogen functional groups attached to an aromatic ring is 1. The van der Waals surface area contributed by atoms with Crippen LogP contribution in [0.2, 0.25) is 0 Å². The Morgan fingerprint density at radius 1 is 1.24 bits per heavy atom. The van der Waals surface area contributed by atoms with Crippen molar-refractivity contribution in [3.05, 3.63) is 18.2 Å². The highest BCUT2D eigenvalue weighted by molar-refractivity contribution is 7.89. The van der Waals surface area contributed by atoms with E-state index in [0.717, 1.165) is 5.69 Å². The average Bonchev–Trinajstić information content (AvgIpc) is 2.14. The van der Waals surface area contributed by atoms with E-state index in [1.54, 1.807) is 12.1 Å². The number of hydrogen-bond acceptors (Lipinski definition) is 4. The summed E-state index contributed by atoms with van der Waals surface area (Å²) in [6, 6.07) is 4.82. The zero-order chi connectivity index (χ0) is 13.3. The zero-order valence-corrected chi connectivity index (χ0v) is 11.4. The molecule has 0 atom stereocenters. The van der Waals surface area contributed by atoms with Crippen molar-refractivity contribution in [2.75, 3.05) is 18.1 Å². The summed E-state index contributed by atoms with van der Waals surface area (Å²) >= 11 is 0. The van der Waals surface area contributed by atoms with Crippen LogP contribution in [0.15, 0.2) is 23.1 Å². The molecule has 0 bridgehead atoms. The van der Waals surface area contributed by atoms with Crippen LogP contribution in [0.1, 0.15) is 20.8 Å². The second-order valence-corrected chi connectivity index (χ2v) is 6.69. The number of nitrogens with one attached hydrogen (secondary N) is 2. The van der Waals surface area contributed by atoms with E-state index in [4.69, 9.17) is 5.73 Å². The van der Waals surface area contributed by atoms with Gasteiger partial charge in [0.1, 0.15) is 4.90 Å². The van der Waals surface area contributed by atoms with Gasteiger partial charge in [-0.15, -0.1) is 0 Å². The minimum atomic E-state index is -3.49. The summed E-state index contributed by atoms with van der Waals surface area (Å²) in [5, 5.41) is 3.22. The lowest BCUT2D eigenvalue weighted by atomic mass is 10.1. The van der Waals surface area contributed by atoms with Crippen LogP contribution >= 0.6 is 0 Å². The van der Waals surface area contributed by atoms with E-state index in [1.807, 2.05) is 20.8 Å². The highest BCUT2D eigenvalue weighted by atomic mass is 32.2. The largest absolute Gasteiger partial charge is 0.398 e. The smallest absolute Gasteiger partial charge is 0.242 e. The van der Waals surface area contributed by atoms with Crippen LogP contribution in [0.25, 0.3) is 0 Å². The van der Waals surface area contributed by atoms with Crippen molar-refractivity contribution in [1.29, 1.82) is 0 Å². The first-order valence-electron chi connectivity index (χ1n) is 5.27. The summed E-state index contributed by atoms with van der Waals surface area (Å²) in [4.78, 5) is 0.0967. The fourth-order valence-electron chi connectivity index (χ4n) is 1.41. The van der Waals surface area contributed by atoms with Gasteiger partial charge in [0.2, 0.25) is 10.0 Å². The van der Waals surface area contributed by atoms with Crippen molar-refractivity contribution in [1.82, 2.24) is 4.72 Å². The monoisotopic (exact) mass is 257 g/mol. The van der Waals surface area contributed by atoms with Gasteiger partial charge in [-0.25, -0.2) is 13.1 Å². The predicted molar refractivity (Wildman–Crippen MR) is 70.5 cm³/mol. The Balaban J connectivity index is 3.11. The van der Waals surface area contributed by atoms with Crippen LogP contribution in [0, 0.1) is 0 Å². The molecule has 0 heterocycles. The molecule has 0 fully saturated rings. The molecule has 0 radical (unpaired) electrons. The molecule has 0 aromatic heterocycles. The zero-order valence-electron chi connectivity index (χ0n) is 10.5. The lowest BCUT2D eigenvalue weighted by Crippen LogP contribution is -2.26. The number of rotatable bonds is 3. The third-order valence-electron chi connectivity index (χ3n) is 2.09. The summed E-state index contributed by atoms with van der Waals surface area (Å²) in [5.74, 6) is 0. The van der Waals surface area contributed by atoms with Gasteiger partial charge < -0.3 is 11.1 Å². The Hall–Kier alpha value is -1.27. The maximum absolute atomic E-state index is 11.6. The molecule has 4 N–H and O–H groups in total. The van der Waals surface area contributed by atoms with Crippen LogP contribution in [0.3, 0.4) is 0 Å². The SMILES string of the molecule is CNS(=O)(=O)c1ccc(NC(C)(C)C)cc1N. The van der Waals surface area contributed by atoms with Gasteiger partial charge in [-0.05, 0) is 46.0 Å². The minimum absolute atomic E-state index is 0.0967. The van der Waals surface area contributed by atoms with Crippen LogP contribution in [0.5, 0.6) is 0 Å². The van der Waals surface area contributed by atoms with E-state index in [-0.39, 0.29) is 16.1 Å². The molecule has 1 rings (SSSR count). The highest BCUT2D eigenvalue weighted by Crippen LogP contribution is 2.24. The third-order valence-corrected chi connectivity index (χ3v) is 3.58. The number of anilines is 2. The van der Waals surface area contributed by atoms with Crippen LogP contribution in [-0.2, 0) is 10.0 Å². The van der Waals surface area contributed by atoms with E-state index < -0.39 is 10.0 Å². The molecule has 0 aliphatic rings. The standard InChI is InChI=1S/C11H19N3O2S/c1-11(2,3)14-8-5-6-10(9(12)7-8)17(15,16)13-4/h5-7,13-14H,12H2,1-4H3. The Morgan fingerprint density at radius 3 is 2.24 bits per heavy atom. The van der Waals surface area contributed by atoms with Gasteiger partial charge >= 0.3 is 0 Å². The van der Waals surface area contributed by atoms with Crippen molar-refractivity contribution in [3.63, 3.8) is 0 Å². The lowest BCUT2D eigenvalue weighted by molar-refractivity contribution is 0.588. The van der Waals surface area contributed by atoms with Crippen molar-refractivity contribution >= 4 is 21.4 Å². The quantitative estimate of drug-likeness (QED) is 0.714. The Bertz CT molecular complexity index is 504. The summed E-state index contributed by atoms with van der Waals surface area (Å²) in [6.07, 6.45) is 0. The van der Waals surface area contributed by atoms with E-state index in [9.17, 15) is 8.42 Å². The molecule has 0 aliphatic carbocycles. The van der Waals surface area contributed by atoms with Crippen LogP contribution in [-0.4, -0.2) is 21.0 Å². The first kappa shape index (κ1) is 13.8. The minimum Gasteiger partial charge on any atom is -0.398 e. The maximum atomic E-state index is 11.6. The Labute approximate surface area is 102 Å². The van der Waals surface area contributed by atoms with Gasteiger partial charge in [0.15, 0.2) is 0 Å². The molecule has 0 aliphatic heterocycles. The number of benzene rings is 1. The molecule has 5 nitrogen and oxygen atoms in total. The van der Waals surface area contributed by atoms with Crippen LogP contribution in [0.4, 0.5) is 11.4 Å². The third kappa shape index (κ3) is 3.61. The molecule has 1 aromatic rings. The molecule has 0 saturated heterocycles. The number of hydrogen-bond donors (Lipinski definition) is 3. The van der Waals surface area contributed by atoms with Crippen molar-refractivity contribution in [2.24, 2.45) is 0 Å². The maximum Gasteiger partial charge on any atom is 0.242 e. The fraction of sp³-hybridized carbons (Fsp3) is 0.455. The summed E-state index contributed by atoms with van der Waals surface area (Å²) < 4.78 is 25.5. The van der Waals surface area contributed by atoms with Gasteiger partial charge in [0.05, 0.1) is 5.69 Å². The second kappa shape index (κ2) is 4.54. The molecule has 0 saturated carbocycles. The van der Waals surface area contributed by atoms with Gasteiger partial charge in [-0.3, -0.25) is 0 Å². The van der Waals surface area contributed by atoms with Gasteiger partial charge in [-0.2, -0.15) is 0 Å². The molecule has 6 heteroatoms. The molecule has 0 spiro atoms. The summed E-state index contributed by atoms with van der Waals surface area (Å²) in [7, 11) is -2.13. The molecule has 0 unspecified atom stereocenters. The first-order valence-corrected chi connectivity index (χ1v) is 6.75. The molecule has 17 heavy (non-hydrogen) atoms. The first-order chi connectivity index (χ1) is 7.65. The summed E-state index contributed by atoms with van der Waals surface area (Å²) in [6.45, 7) is 6.05. The van der Waals surface area contributed by atoms with E-state index in [0.29, 0.717) is 0 Å². The van der Waals surface area contributed by atoms with Crippen molar-refractivity contribution in [3.8, 4) is 0 Å². The fourth-order valence-corrected chi connectivity index (χ4v) is 2.25. The Kier molecular flexibility index (Phi) is 3.68. The van der Waals surface area contributed by atoms with Crippen LogP contribution < -0.4 is 15.8 Å². The molecular weight excluding hydrogens is 238 g/mol. The average molecular weight is 257 g/mol. The predicted octanol–water partition coefficient (Wildman–Crippen LogP) is 1.39. The molecule has 0 amide bonds. The van der Waals surface area contributed by atoms with E-state index >= 15 is 0 Å². The number of sulfonamides is 1. The van der Waals surface area contributed by atoms with Crippen molar-refractivity contribution < 1.29 is 8.42 Å². The lowest BCUT2D eigenvalue weighted by Gasteiger charge is -2.22. The van der Waals surface area contributed by atoms with E-state index in [2.05, 4.69) is 10.0 Å². The van der Waals surface area contributed by atoms with Gasteiger partial charge in [-0.1, -0.05) is 0 Å². The number of nitrogens with two attached hydrogens (primary N) is 1. The topological polar surface area (TPSA) is 84.2 Å². The normalized spacial score (nSPS) is 12.5. The molecule has 96 valence electrons. The van der Waals surface area contributed by atoms with Gasteiger partial charge in [0, 0.05) is 11.2 Å². The highest BCUT2D eigenvalue weighted by Gasteiger charge is 2.16. The second-order valence-electron chi connectivity index (χ2n) is 4.84. The van der Waals surface area contributed by atoms with Crippen molar-refractivity contribution in [2.45, 2.75) is 31.2 Å². The summed E-state index contributed by atoms with van der Waals surface area (Å²) in [5.41, 5.74) is 6.67. The Morgan fingerprint density at radius 2 is 1.82 bits per heavy atom. The molecule has 1 aromatic carbocycles. The van der Waals surface area contributed by atoms with E-state index in [1.165, 1.54) is 13.1 Å². The molecular formula is C11H19N3O2S.